The normalized spacial score (nSPS) is 14.8. The molecule has 27 heavy (non-hydrogen) atoms. The molecule has 2 aromatic heterocycles. The van der Waals surface area contributed by atoms with Gasteiger partial charge in [-0.05, 0) is 31.0 Å². The van der Waals surface area contributed by atoms with Crippen LogP contribution in [-0.2, 0) is 9.59 Å². The van der Waals surface area contributed by atoms with Gasteiger partial charge in [0.2, 0.25) is 5.91 Å². The van der Waals surface area contributed by atoms with Crippen LogP contribution in [0.5, 0.6) is 0 Å². The van der Waals surface area contributed by atoms with Crippen molar-refractivity contribution >= 4 is 17.8 Å². The highest BCUT2D eigenvalue weighted by atomic mass is 16.4. The molecule has 1 saturated heterocycles. The number of hydrogen-bond acceptors (Lipinski definition) is 5. The second-order valence-corrected chi connectivity index (χ2v) is 6.50. The number of nitrogens with zero attached hydrogens (tertiary/aromatic N) is 5. The molecule has 9 nitrogen and oxygen atoms in total. The molecule has 0 spiro atoms. The Hall–Kier alpha value is -3.23. The third kappa shape index (κ3) is 4.30. The molecule has 0 bridgehead atoms. The maximum Gasteiger partial charge on any atom is 0.306 e. The van der Waals surface area contributed by atoms with Crippen LogP contribution in [0.3, 0.4) is 0 Å². The van der Waals surface area contributed by atoms with Crippen LogP contribution >= 0.6 is 0 Å². The van der Waals surface area contributed by atoms with Gasteiger partial charge < -0.3 is 14.9 Å². The molecular formula is C18H21N5O4. The molecule has 3 heterocycles. The molecule has 2 aromatic rings. The van der Waals surface area contributed by atoms with Crippen molar-refractivity contribution in [3.63, 3.8) is 0 Å². The number of aromatic nitrogens is 3. The lowest BCUT2D eigenvalue weighted by Crippen LogP contribution is -2.45. The Kier molecular flexibility index (Phi) is 5.49. The van der Waals surface area contributed by atoms with Crippen molar-refractivity contribution in [2.24, 2.45) is 5.92 Å². The lowest BCUT2D eigenvalue weighted by molar-refractivity contribution is -0.145. The van der Waals surface area contributed by atoms with Crippen molar-refractivity contribution in [3.05, 3.63) is 42.5 Å². The molecule has 1 aliphatic heterocycles. The number of aliphatic carboxylic acids is 1. The third-order valence-electron chi connectivity index (χ3n) is 4.65. The standard InChI is InChI=1S/C18H21N5O4/c1-21(12-16(24)22-9-4-13(5-10-22)18(26)27)17(25)15-11-14(3-7-19-15)23-8-2-6-20-23/h2-3,6-8,11,13H,4-5,9-10,12H2,1H3,(H,26,27). The van der Waals surface area contributed by atoms with E-state index in [4.69, 9.17) is 5.11 Å². The van der Waals surface area contributed by atoms with E-state index in [-0.39, 0.29) is 24.1 Å². The first-order valence-corrected chi connectivity index (χ1v) is 8.68. The van der Waals surface area contributed by atoms with Gasteiger partial charge in [0.05, 0.1) is 18.2 Å². The largest absolute Gasteiger partial charge is 0.481 e. The maximum atomic E-state index is 12.6. The second-order valence-electron chi connectivity index (χ2n) is 6.50. The number of rotatable bonds is 5. The van der Waals surface area contributed by atoms with Crippen molar-refractivity contribution < 1.29 is 19.5 Å². The van der Waals surface area contributed by atoms with Crippen LogP contribution in [0.1, 0.15) is 23.3 Å². The van der Waals surface area contributed by atoms with E-state index in [9.17, 15) is 14.4 Å². The number of hydrogen-bond donors (Lipinski definition) is 1. The Bertz CT molecular complexity index is 828. The molecule has 3 rings (SSSR count). The smallest absolute Gasteiger partial charge is 0.306 e. The van der Waals surface area contributed by atoms with Gasteiger partial charge in [0.25, 0.3) is 5.91 Å². The highest BCUT2D eigenvalue weighted by Crippen LogP contribution is 2.17. The van der Waals surface area contributed by atoms with E-state index < -0.39 is 11.9 Å². The summed E-state index contributed by atoms with van der Waals surface area (Å²) < 4.78 is 1.62. The van der Waals surface area contributed by atoms with Crippen molar-refractivity contribution in [2.75, 3.05) is 26.7 Å². The fourth-order valence-corrected chi connectivity index (χ4v) is 3.05. The molecule has 0 unspecified atom stereocenters. The van der Waals surface area contributed by atoms with Crippen molar-refractivity contribution in [1.82, 2.24) is 24.6 Å². The van der Waals surface area contributed by atoms with E-state index in [0.717, 1.165) is 0 Å². The number of likely N-dealkylation sites (N-methyl/N-ethyl adjacent to an activating group) is 1. The Morgan fingerprint density at radius 2 is 2.00 bits per heavy atom. The maximum absolute atomic E-state index is 12.6. The molecule has 0 atom stereocenters. The van der Waals surface area contributed by atoms with E-state index in [1.165, 1.54) is 11.1 Å². The van der Waals surface area contributed by atoms with Gasteiger partial charge in [-0.25, -0.2) is 4.68 Å². The number of carboxylic acid groups (broad SMARTS) is 1. The molecule has 0 aromatic carbocycles. The molecule has 9 heteroatoms. The summed E-state index contributed by atoms with van der Waals surface area (Å²) in [7, 11) is 1.55. The minimum absolute atomic E-state index is 0.0791. The number of likely N-dealkylation sites (tertiary alicyclic amines) is 1. The number of pyridine rings is 1. The molecule has 2 amide bonds. The van der Waals surface area contributed by atoms with E-state index in [2.05, 4.69) is 10.1 Å². The molecule has 1 N–H and O–H groups in total. The highest BCUT2D eigenvalue weighted by molar-refractivity contribution is 5.95. The SMILES string of the molecule is CN(CC(=O)N1CCC(C(=O)O)CC1)C(=O)c1cc(-n2cccn2)ccn1. The molecule has 0 aliphatic carbocycles. The number of piperidine rings is 1. The van der Waals surface area contributed by atoms with Crippen LogP contribution in [0.25, 0.3) is 5.69 Å². The van der Waals surface area contributed by atoms with Gasteiger partial charge in [0.1, 0.15) is 5.69 Å². The third-order valence-corrected chi connectivity index (χ3v) is 4.65. The zero-order valence-corrected chi connectivity index (χ0v) is 15.0. The Labute approximate surface area is 156 Å². The number of carbonyl (C=O) groups is 3. The van der Waals surface area contributed by atoms with Crippen LogP contribution in [0.15, 0.2) is 36.8 Å². The van der Waals surface area contributed by atoms with E-state index in [0.29, 0.717) is 31.6 Å². The lowest BCUT2D eigenvalue weighted by atomic mass is 9.97. The van der Waals surface area contributed by atoms with Crippen LogP contribution in [0, 0.1) is 5.92 Å². The first-order chi connectivity index (χ1) is 13.0. The van der Waals surface area contributed by atoms with Gasteiger partial charge in [0.15, 0.2) is 0 Å². The highest BCUT2D eigenvalue weighted by Gasteiger charge is 2.28. The summed E-state index contributed by atoms with van der Waals surface area (Å²) in [4.78, 5) is 43.1. The van der Waals surface area contributed by atoms with Gasteiger partial charge in [-0.1, -0.05) is 0 Å². The van der Waals surface area contributed by atoms with Crippen LogP contribution in [0.4, 0.5) is 0 Å². The quantitative estimate of drug-likeness (QED) is 0.827. The second kappa shape index (κ2) is 7.98. The van der Waals surface area contributed by atoms with Crippen molar-refractivity contribution in [3.8, 4) is 5.69 Å². The summed E-state index contributed by atoms with van der Waals surface area (Å²) in [6.07, 6.45) is 5.80. The topological polar surface area (TPSA) is 109 Å². The van der Waals surface area contributed by atoms with Gasteiger partial charge in [-0.3, -0.25) is 19.4 Å². The predicted molar refractivity (Wildman–Crippen MR) is 95.3 cm³/mol. The first kappa shape index (κ1) is 18.6. The van der Waals surface area contributed by atoms with Gasteiger partial charge in [0, 0.05) is 38.7 Å². The van der Waals surface area contributed by atoms with Crippen LogP contribution < -0.4 is 0 Å². The van der Waals surface area contributed by atoms with Gasteiger partial charge >= 0.3 is 5.97 Å². The molecule has 1 aliphatic rings. The Morgan fingerprint density at radius 1 is 1.26 bits per heavy atom. The molecule has 142 valence electrons. The van der Waals surface area contributed by atoms with Crippen LogP contribution in [0.2, 0.25) is 0 Å². The fourth-order valence-electron chi connectivity index (χ4n) is 3.05. The number of carboxylic acids is 1. The Balaban J connectivity index is 1.60. The van der Waals surface area contributed by atoms with Crippen molar-refractivity contribution in [1.29, 1.82) is 0 Å². The van der Waals surface area contributed by atoms with E-state index in [1.54, 1.807) is 47.2 Å². The summed E-state index contributed by atoms with van der Waals surface area (Å²) in [5.41, 5.74) is 0.928. The molecule has 0 radical (unpaired) electrons. The lowest BCUT2D eigenvalue weighted by Gasteiger charge is -2.31. The Morgan fingerprint density at radius 3 is 2.63 bits per heavy atom. The van der Waals surface area contributed by atoms with E-state index >= 15 is 0 Å². The first-order valence-electron chi connectivity index (χ1n) is 8.68. The van der Waals surface area contributed by atoms with Gasteiger partial charge in [-0.2, -0.15) is 5.10 Å². The molecular weight excluding hydrogens is 350 g/mol. The summed E-state index contributed by atoms with van der Waals surface area (Å²) in [6, 6.07) is 5.14. The monoisotopic (exact) mass is 371 g/mol. The summed E-state index contributed by atoms with van der Waals surface area (Å²) in [5.74, 6) is -1.78. The summed E-state index contributed by atoms with van der Waals surface area (Å²) >= 11 is 0. The minimum Gasteiger partial charge on any atom is -0.481 e. The zero-order chi connectivity index (χ0) is 19.4. The predicted octanol–water partition coefficient (Wildman–Crippen LogP) is 0.662. The average molecular weight is 371 g/mol. The van der Waals surface area contributed by atoms with Gasteiger partial charge in [-0.15, -0.1) is 0 Å². The number of carbonyl (C=O) groups excluding carboxylic acids is 2. The van der Waals surface area contributed by atoms with E-state index in [1.807, 2.05) is 0 Å². The fraction of sp³-hybridized carbons (Fsp3) is 0.389. The van der Waals surface area contributed by atoms with Crippen LogP contribution in [-0.4, -0.2) is 74.1 Å². The van der Waals surface area contributed by atoms with Crippen molar-refractivity contribution in [2.45, 2.75) is 12.8 Å². The summed E-state index contributed by atoms with van der Waals surface area (Å²) in [6.45, 7) is 0.708. The summed E-state index contributed by atoms with van der Waals surface area (Å²) in [5, 5.41) is 13.2. The minimum atomic E-state index is -0.822. The zero-order valence-electron chi connectivity index (χ0n) is 15.0. The molecule has 1 fully saturated rings. The number of amides is 2. The molecule has 0 saturated carbocycles. The average Bonchev–Trinajstić information content (AvgIpc) is 3.22.